The number of aromatic nitrogens is 1. The summed E-state index contributed by atoms with van der Waals surface area (Å²) in [5.41, 5.74) is 3.12. The number of rotatable bonds is 6. The van der Waals surface area contributed by atoms with E-state index < -0.39 is 22.5 Å². The number of aromatic amines is 1. The quantitative estimate of drug-likeness (QED) is 0.423. The highest BCUT2D eigenvalue weighted by Crippen LogP contribution is 2.58. The number of ether oxygens (including phenoxy) is 1. The Morgan fingerprint density at radius 1 is 1.10 bits per heavy atom. The summed E-state index contributed by atoms with van der Waals surface area (Å²) in [6.07, 6.45) is 3.24. The van der Waals surface area contributed by atoms with E-state index in [-0.39, 0.29) is 23.8 Å². The maximum absolute atomic E-state index is 13.4. The summed E-state index contributed by atoms with van der Waals surface area (Å²) < 4.78 is 32.3. The van der Waals surface area contributed by atoms with Gasteiger partial charge >= 0.3 is 5.97 Å². The number of carboxylic acids is 1. The minimum atomic E-state index is -2.50. The molecule has 40 heavy (non-hydrogen) atoms. The number of nitrogens with zero attached hydrogens (tertiary/aromatic N) is 1. The maximum Gasteiger partial charge on any atom is 0.335 e. The standard InChI is InChI=1S/C19H22B2F2N2O.C8H6B3NO2/c1-12-9-14(26-2)15(13-3-6-24-16(12)13)19(20,21)25-7-4-17(5-8-25)10-18(22,23)11-17;9-8(10,11)12-6-3-1-2-5(4-6)7(13)14/h3,6,9,24H,4-5,7-8,10-11H2,1-2H3;1-4,12H,(H,13,14). The molecule has 6 nitrogen and oxygen atoms in total. The highest BCUT2D eigenvalue weighted by atomic mass is 19.3. The molecule has 0 unspecified atom stereocenters. The van der Waals surface area contributed by atoms with Crippen molar-refractivity contribution in [2.24, 2.45) is 5.41 Å². The lowest BCUT2D eigenvalue weighted by Gasteiger charge is -2.55. The third-order valence-corrected chi connectivity index (χ3v) is 7.71. The molecule has 1 aliphatic heterocycles. The van der Waals surface area contributed by atoms with Gasteiger partial charge in [0.15, 0.2) is 0 Å². The van der Waals surface area contributed by atoms with Crippen LogP contribution in [0.3, 0.4) is 0 Å². The predicted molar refractivity (Wildman–Crippen MR) is 157 cm³/mol. The minimum absolute atomic E-state index is 0.00804. The van der Waals surface area contributed by atoms with Gasteiger partial charge in [0.25, 0.3) is 0 Å². The van der Waals surface area contributed by atoms with E-state index in [1.165, 1.54) is 12.1 Å². The number of alkyl halides is 2. The third-order valence-electron chi connectivity index (χ3n) is 7.71. The molecule has 1 aromatic heterocycles. The molecule has 5 rings (SSSR count). The molecule has 2 heterocycles. The number of nitrogens with one attached hydrogen (secondary N) is 2. The molecule has 2 fully saturated rings. The van der Waals surface area contributed by atoms with Crippen LogP contribution in [0.5, 0.6) is 5.75 Å². The highest BCUT2D eigenvalue weighted by molar-refractivity contribution is 6.60. The van der Waals surface area contributed by atoms with Crippen LogP contribution in [0.25, 0.3) is 10.9 Å². The molecular formula is C27H28B5F2N3O3. The van der Waals surface area contributed by atoms with Gasteiger partial charge < -0.3 is 25.0 Å². The Labute approximate surface area is 240 Å². The normalized spacial score (nSPS) is 18.4. The van der Waals surface area contributed by atoms with E-state index in [1.54, 1.807) is 19.2 Å². The monoisotopic (exact) mass is 535 g/mol. The van der Waals surface area contributed by atoms with Crippen LogP contribution in [0.2, 0.25) is 0 Å². The molecule has 0 amide bonds. The molecule has 10 radical (unpaired) electrons. The second kappa shape index (κ2) is 10.9. The number of carboxylic acid groups (broad SMARTS) is 1. The first-order valence-electron chi connectivity index (χ1n) is 12.9. The largest absolute Gasteiger partial charge is 0.496 e. The molecule has 3 N–H and O–H groups in total. The lowest BCUT2D eigenvalue weighted by atomic mass is 9.49. The number of aromatic carboxylic acids is 1. The number of H-pyrrole nitrogens is 1. The van der Waals surface area contributed by atoms with Crippen molar-refractivity contribution in [3.8, 4) is 5.75 Å². The molecular weight excluding hydrogens is 506 g/mol. The summed E-state index contributed by atoms with van der Waals surface area (Å²) in [5, 5.41) is 9.38. The number of piperidine rings is 1. The first-order valence-corrected chi connectivity index (χ1v) is 12.9. The zero-order valence-corrected chi connectivity index (χ0v) is 22.6. The van der Waals surface area contributed by atoms with Crippen molar-refractivity contribution in [1.82, 2.24) is 9.88 Å². The third kappa shape index (κ3) is 6.40. The first kappa shape index (κ1) is 30.2. The van der Waals surface area contributed by atoms with Gasteiger partial charge in [-0.15, -0.1) is 0 Å². The molecule has 0 bridgehead atoms. The minimum Gasteiger partial charge on any atom is -0.496 e. The summed E-state index contributed by atoms with van der Waals surface area (Å²) in [7, 11) is 30.7. The number of likely N-dealkylation sites (tertiary alicyclic amines) is 1. The van der Waals surface area contributed by atoms with E-state index in [1.807, 2.05) is 30.2 Å². The Balaban J connectivity index is 0.000000224. The molecule has 0 atom stereocenters. The van der Waals surface area contributed by atoms with Crippen molar-refractivity contribution in [1.29, 1.82) is 0 Å². The van der Waals surface area contributed by atoms with Gasteiger partial charge in [-0.3, -0.25) is 0 Å². The molecule has 1 saturated heterocycles. The van der Waals surface area contributed by atoms with Crippen molar-refractivity contribution in [3.05, 3.63) is 59.3 Å². The van der Waals surface area contributed by atoms with E-state index >= 15 is 0 Å². The summed E-state index contributed by atoms with van der Waals surface area (Å²) >= 11 is 0. The fourth-order valence-corrected chi connectivity index (χ4v) is 5.84. The van der Waals surface area contributed by atoms with Crippen LogP contribution in [0.4, 0.5) is 14.5 Å². The van der Waals surface area contributed by atoms with Crippen LogP contribution in [0.1, 0.15) is 47.2 Å². The van der Waals surface area contributed by atoms with Crippen LogP contribution in [-0.2, 0) is 5.34 Å². The van der Waals surface area contributed by atoms with E-state index in [0.29, 0.717) is 37.4 Å². The lowest BCUT2D eigenvalue weighted by molar-refractivity contribution is -0.179. The average molecular weight is 535 g/mol. The fourth-order valence-electron chi connectivity index (χ4n) is 5.84. The van der Waals surface area contributed by atoms with Gasteiger partial charge in [-0.25, -0.2) is 13.6 Å². The Kier molecular flexibility index (Phi) is 8.20. The van der Waals surface area contributed by atoms with Crippen molar-refractivity contribution in [2.45, 2.75) is 49.1 Å². The number of fused-ring (bicyclic) bond motifs is 1. The zero-order valence-electron chi connectivity index (χ0n) is 22.6. The topological polar surface area (TPSA) is 77.6 Å². The summed E-state index contributed by atoms with van der Waals surface area (Å²) in [5.74, 6) is -2.87. The van der Waals surface area contributed by atoms with Gasteiger partial charge in [0.05, 0.1) is 51.9 Å². The number of hydrogen-bond donors (Lipinski definition) is 3. The summed E-state index contributed by atoms with van der Waals surface area (Å²) in [6, 6.07) is 9.92. The first-order chi connectivity index (χ1) is 18.6. The average Bonchev–Trinajstić information content (AvgIpc) is 3.32. The Morgan fingerprint density at radius 2 is 1.75 bits per heavy atom. The Hall–Kier alpha value is -2.81. The molecule has 13 heteroatoms. The maximum atomic E-state index is 13.4. The van der Waals surface area contributed by atoms with Crippen LogP contribution < -0.4 is 10.1 Å². The van der Waals surface area contributed by atoms with Gasteiger partial charge in [0.2, 0.25) is 5.92 Å². The molecule has 1 spiro atoms. The zero-order chi connectivity index (χ0) is 29.5. The molecule has 2 aliphatic rings. The molecule has 198 valence electrons. The van der Waals surface area contributed by atoms with Crippen LogP contribution in [0, 0.1) is 12.3 Å². The predicted octanol–water partition coefficient (Wildman–Crippen LogP) is 3.36. The molecule has 3 aromatic rings. The molecule has 1 saturated carbocycles. The Bertz CT molecular complexity index is 1380. The number of hydrogen-bond acceptors (Lipinski definition) is 4. The van der Waals surface area contributed by atoms with Gasteiger partial charge in [0, 0.05) is 41.2 Å². The fraction of sp³-hybridized carbons (Fsp3) is 0.444. The van der Waals surface area contributed by atoms with Crippen molar-refractivity contribution in [2.75, 3.05) is 25.5 Å². The lowest BCUT2D eigenvalue weighted by Crippen LogP contribution is -2.57. The Morgan fingerprint density at radius 3 is 2.30 bits per heavy atom. The number of anilines is 1. The number of benzene rings is 2. The number of carbonyl (C=O) groups is 1. The van der Waals surface area contributed by atoms with E-state index in [4.69, 9.17) is 49.1 Å². The molecule has 2 aromatic carbocycles. The number of methoxy groups -OCH3 is 1. The highest BCUT2D eigenvalue weighted by Gasteiger charge is 2.57. The SMILES string of the molecule is [B]C([B])([B])Nc1cccc(C(=O)O)c1.[B]C([B])(c1c(OC)cc(C)c2[nH]ccc12)N1CCC2(CC1)CC(F)(F)C2. The van der Waals surface area contributed by atoms with E-state index in [2.05, 4.69) is 10.3 Å². The van der Waals surface area contributed by atoms with Crippen LogP contribution >= 0.6 is 0 Å². The van der Waals surface area contributed by atoms with E-state index in [9.17, 15) is 13.6 Å². The second-order valence-electron chi connectivity index (χ2n) is 11.0. The smallest absolute Gasteiger partial charge is 0.335 e. The van der Waals surface area contributed by atoms with Gasteiger partial charge in [-0.2, -0.15) is 0 Å². The number of aryl methyl sites for hydroxylation is 1. The van der Waals surface area contributed by atoms with Crippen molar-refractivity contribution >= 4 is 61.8 Å². The second-order valence-corrected chi connectivity index (χ2v) is 11.0. The van der Waals surface area contributed by atoms with Gasteiger partial charge in [-0.1, -0.05) is 11.3 Å². The van der Waals surface area contributed by atoms with Crippen LogP contribution in [0.15, 0.2) is 42.6 Å². The summed E-state index contributed by atoms with van der Waals surface area (Å²) in [6.45, 7) is 3.21. The van der Waals surface area contributed by atoms with E-state index in [0.717, 1.165) is 22.0 Å². The van der Waals surface area contributed by atoms with Crippen molar-refractivity contribution < 1.29 is 23.4 Å². The van der Waals surface area contributed by atoms with Crippen LogP contribution in [-0.4, -0.2) is 91.5 Å². The van der Waals surface area contributed by atoms with Gasteiger partial charge in [0.1, 0.15) is 5.75 Å². The summed E-state index contributed by atoms with van der Waals surface area (Å²) in [4.78, 5) is 15.8. The van der Waals surface area contributed by atoms with Crippen molar-refractivity contribution in [3.63, 3.8) is 0 Å². The number of halogens is 2. The molecule has 1 aliphatic carbocycles. The van der Waals surface area contributed by atoms with Gasteiger partial charge in [-0.05, 0) is 79.5 Å².